The minimum atomic E-state index is -2.27. The molecule has 1 saturated carbocycles. The Balaban J connectivity index is 0.000000271. The van der Waals surface area contributed by atoms with E-state index in [-0.39, 0.29) is 5.56 Å². The van der Waals surface area contributed by atoms with Crippen molar-refractivity contribution in [3.8, 4) is 5.69 Å². The van der Waals surface area contributed by atoms with Crippen LogP contribution in [-0.4, -0.2) is 123 Å². The summed E-state index contributed by atoms with van der Waals surface area (Å²) in [7, 11) is 0. The molecule has 2 fully saturated rings. The van der Waals surface area contributed by atoms with E-state index in [1.807, 2.05) is 12.1 Å². The third kappa shape index (κ3) is 10.2. The largest absolute Gasteiger partial charge is 0.479 e. The lowest BCUT2D eigenvalue weighted by molar-refractivity contribution is -0.165. The molecule has 16 heteroatoms. The number of carbonyl (C=O) groups is 4. The summed E-state index contributed by atoms with van der Waals surface area (Å²) in [5.41, 5.74) is 2.15. The number of hydrogen-bond acceptors (Lipinski definition) is 11. The number of carboxylic acid groups (broad SMARTS) is 4. The van der Waals surface area contributed by atoms with Crippen LogP contribution in [0.5, 0.6) is 0 Å². The molecule has 1 saturated heterocycles. The highest BCUT2D eigenvalue weighted by molar-refractivity contribution is 5.83. The fraction of sp³-hybridized carbons (Fsp3) is 0.481. The number of carboxylic acids is 4. The molecule has 2 aliphatic rings. The van der Waals surface area contributed by atoms with Gasteiger partial charge in [-0.1, -0.05) is 12.1 Å². The first-order valence-corrected chi connectivity index (χ1v) is 13.2. The summed E-state index contributed by atoms with van der Waals surface area (Å²) in [6.45, 7) is 4.86. The molecule has 7 atom stereocenters. The van der Waals surface area contributed by atoms with Crippen LogP contribution in [0.25, 0.3) is 5.69 Å². The number of aliphatic carboxylic acids is 4. The van der Waals surface area contributed by atoms with Crippen molar-refractivity contribution >= 4 is 23.9 Å². The first-order chi connectivity index (χ1) is 20.1. The summed E-state index contributed by atoms with van der Waals surface area (Å²) in [5.74, 6) is -5.58. The van der Waals surface area contributed by atoms with Crippen LogP contribution in [-0.2, 0) is 19.2 Å². The third-order valence-electron chi connectivity index (χ3n) is 6.97. The Labute approximate surface area is 244 Å². The van der Waals surface area contributed by atoms with Crippen LogP contribution in [0.3, 0.4) is 0 Å². The average molecular weight is 610 g/mol. The zero-order valence-corrected chi connectivity index (χ0v) is 23.1. The second-order valence-corrected chi connectivity index (χ2v) is 10.1. The summed E-state index contributed by atoms with van der Waals surface area (Å²) in [6, 6.07) is 12.3. The van der Waals surface area contributed by atoms with Crippen molar-refractivity contribution in [3.63, 3.8) is 0 Å². The molecule has 1 aromatic carbocycles. The van der Waals surface area contributed by atoms with Crippen molar-refractivity contribution in [1.82, 2.24) is 14.7 Å². The van der Waals surface area contributed by atoms with Gasteiger partial charge in [-0.25, -0.2) is 19.2 Å². The van der Waals surface area contributed by atoms with Crippen molar-refractivity contribution in [1.29, 1.82) is 0 Å². The first kappa shape index (κ1) is 35.0. The standard InChI is InChI=1S/C19H23N3O.2C4H6O6/c1-14-4-3-11-21(14)13-16-12-18(16)15-6-8-17(9-7-15)22-19(23)5-2-10-20-22;2*5-1(3(7)8)2(6)4(9)10/h2,5-10,14,16,18H,3-4,11-13H2,1H3;2*1-2,5-6H,(H,7,8)(H,9,10)/t14-,16+,18+;2*1-,2-/m000/s1. The lowest BCUT2D eigenvalue weighted by Crippen LogP contribution is -2.39. The fourth-order valence-electron chi connectivity index (χ4n) is 4.38. The van der Waals surface area contributed by atoms with Crippen LogP contribution in [0.2, 0.25) is 0 Å². The lowest BCUT2D eigenvalue weighted by atomic mass is 10.1. The second kappa shape index (κ2) is 15.9. The molecule has 2 heterocycles. The highest BCUT2D eigenvalue weighted by Gasteiger charge is 2.40. The first-order valence-electron chi connectivity index (χ1n) is 13.2. The Morgan fingerprint density at radius 3 is 1.72 bits per heavy atom. The van der Waals surface area contributed by atoms with Crippen LogP contribution in [0.1, 0.15) is 37.7 Å². The predicted molar refractivity (Wildman–Crippen MR) is 146 cm³/mol. The van der Waals surface area contributed by atoms with Gasteiger partial charge in [0.15, 0.2) is 24.4 Å². The number of likely N-dealkylation sites (tertiary alicyclic amines) is 1. The molecule has 1 aliphatic carbocycles. The SMILES string of the molecule is C[C@H]1CCCN1C[C@H]1C[C@@H]1c1ccc(-n2ncccc2=O)cc1.O=C(O)[C@@H](O)[C@H](O)C(=O)O.O=C(O)[C@@H](O)[C@H](O)C(=O)O. The molecule has 2 aromatic rings. The van der Waals surface area contributed by atoms with Gasteiger partial charge in [0, 0.05) is 24.8 Å². The Kier molecular flexibility index (Phi) is 12.9. The van der Waals surface area contributed by atoms with Gasteiger partial charge in [0.1, 0.15) is 0 Å². The molecule has 1 aliphatic heterocycles. The number of nitrogens with zero attached hydrogens (tertiary/aromatic N) is 3. The van der Waals surface area contributed by atoms with Gasteiger partial charge in [0.2, 0.25) is 0 Å². The number of benzene rings is 1. The average Bonchev–Trinajstić information content (AvgIpc) is 3.63. The van der Waals surface area contributed by atoms with Gasteiger partial charge in [-0.05, 0) is 68.3 Å². The van der Waals surface area contributed by atoms with Gasteiger partial charge in [0.25, 0.3) is 5.56 Å². The quantitative estimate of drug-likeness (QED) is 0.153. The molecule has 4 rings (SSSR count). The maximum absolute atomic E-state index is 11.8. The van der Waals surface area contributed by atoms with Gasteiger partial charge in [-0.2, -0.15) is 9.78 Å². The van der Waals surface area contributed by atoms with Crippen molar-refractivity contribution in [3.05, 3.63) is 58.5 Å². The van der Waals surface area contributed by atoms with Crippen molar-refractivity contribution in [2.24, 2.45) is 5.92 Å². The number of aliphatic hydroxyl groups excluding tert-OH is 4. The monoisotopic (exact) mass is 609 g/mol. The molecule has 0 spiro atoms. The topological polar surface area (TPSA) is 268 Å². The Morgan fingerprint density at radius 2 is 1.33 bits per heavy atom. The summed E-state index contributed by atoms with van der Waals surface area (Å²) in [4.78, 5) is 53.6. The third-order valence-corrected chi connectivity index (χ3v) is 6.97. The summed E-state index contributed by atoms with van der Waals surface area (Å²) >= 11 is 0. The Hall–Kier alpha value is -4.22. The molecule has 1 aromatic heterocycles. The van der Waals surface area contributed by atoms with E-state index in [1.54, 1.807) is 12.3 Å². The van der Waals surface area contributed by atoms with E-state index < -0.39 is 48.3 Å². The molecule has 0 amide bonds. The van der Waals surface area contributed by atoms with Crippen molar-refractivity contribution in [2.75, 3.05) is 13.1 Å². The van der Waals surface area contributed by atoms with Crippen LogP contribution in [0.15, 0.2) is 47.4 Å². The van der Waals surface area contributed by atoms with Crippen molar-refractivity contribution in [2.45, 2.75) is 62.6 Å². The van der Waals surface area contributed by atoms with Gasteiger partial charge < -0.3 is 45.8 Å². The smallest absolute Gasteiger partial charge is 0.335 e. The Morgan fingerprint density at radius 1 is 0.837 bits per heavy atom. The summed E-state index contributed by atoms with van der Waals surface area (Å²) in [5, 5.41) is 69.2. The van der Waals surface area contributed by atoms with Crippen molar-refractivity contribution < 1.29 is 60.0 Å². The van der Waals surface area contributed by atoms with Gasteiger partial charge in [-0.3, -0.25) is 4.79 Å². The second-order valence-electron chi connectivity index (χ2n) is 10.1. The van der Waals surface area contributed by atoms with E-state index in [0.717, 1.165) is 17.6 Å². The van der Waals surface area contributed by atoms with Crippen LogP contribution >= 0.6 is 0 Å². The zero-order chi connectivity index (χ0) is 32.4. The maximum atomic E-state index is 11.8. The molecule has 0 unspecified atom stereocenters. The molecular formula is C27H35N3O13. The number of hydrogen-bond donors (Lipinski definition) is 8. The van der Waals surface area contributed by atoms with E-state index in [1.165, 1.54) is 48.7 Å². The molecular weight excluding hydrogens is 574 g/mol. The fourth-order valence-corrected chi connectivity index (χ4v) is 4.38. The minimum absolute atomic E-state index is 0.0902. The van der Waals surface area contributed by atoms with E-state index >= 15 is 0 Å². The van der Waals surface area contributed by atoms with E-state index in [4.69, 9.17) is 40.9 Å². The highest BCUT2D eigenvalue weighted by atomic mass is 16.4. The van der Waals surface area contributed by atoms with E-state index in [2.05, 4.69) is 29.1 Å². The van der Waals surface area contributed by atoms with Gasteiger partial charge in [-0.15, -0.1) is 0 Å². The molecule has 8 N–H and O–H groups in total. The molecule has 0 radical (unpaired) electrons. The predicted octanol–water partition coefficient (Wildman–Crippen LogP) is -1.42. The van der Waals surface area contributed by atoms with Crippen LogP contribution in [0.4, 0.5) is 0 Å². The molecule has 43 heavy (non-hydrogen) atoms. The molecule has 0 bridgehead atoms. The Bertz CT molecular complexity index is 1240. The van der Waals surface area contributed by atoms with Crippen LogP contribution in [0, 0.1) is 5.92 Å². The summed E-state index contributed by atoms with van der Waals surface area (Å²) < 4.78 is 1.44. The highest BCUT2D eigenvalue weighted by Crippen LogP contribution is 2.48. The summed E-state index contributed by atoms with van der Waals surface area (Å²) in [6.07, 6.45) is -3.42. The lowest BCUT2D eigenvalue weighted by Gasteiger charge is -2.20. The minimum Gasteiger partial charge on any atom is -0.479 e. The number of aliphatic hydroxyl groups is 4. The molecule has 236 valence electrons. The van der Waals surface area contributed by atoms with Crippen LogP contribution < -0.4 is 5.56 Å². The van der Waals surface area contributed by atoms with E-state index in [9.17, 15) is 24.0 Å². The zero-order valence-electron chi connectivity index (χ0n) is 23.1. The van der Waals surface area contributed by atoms with E-state index in [0.29, 0.717) is 5.92 Å². The van der Waals surface area contributed by atoms with Gasteiger partial charge in [0.05, 0.1) is 5.69 Å². The maximum Gasteiger partial charge on any atom is 0.335 e. The number of aromatic nitrogens is 2. The molecule has 16 nitrogen and oxygen atoms in total. The van der Waals surface area contributed by atoms with Gasteiger partial charge >= 0.3 is 23.9 Å². The number of rotatable bonds is 10. The normalized spacial score (nSPS) is 21.9.